The highest BCUT2D eigenvalue weighted by Gasteiger charge is 2.16. The molecule has 1 aliphatic rings. The Balaban J connectivity index is 1.98. The molecule has 1 aromatic rings. The highest BCUT2D eigenvalue weighted by Crippen LogP contribution is 2.17. The van der Waals surface area contributed by atoms with Crippen molar-refractivity contribution in [1.29, 1.82) is 0 Å². The number of halogens is 1. The molecule has 0 saturated carbocycles. The fourth-order valence-electron chi connectivity index (χ4n) is 1.52. The van der Waals surface area contributed by atoms with E-state index in [1.807, 2.05) is 0 Å². The lowest BCUT2D eigenvalue weighted by Crippen LogP contribution is -2.17. The molecule has 5 nitrogen and oxygen atoms in total. The van der Waals surface area contributed by atoms with Gasteiger partial charge in [0, 0.05) is 12.5 Å². The van der Waals surface area contributed by atoms with Crippen LogP contribution in [0.15, 0.2) is 11.1 Å². The van der Waals surface area contributed by atoms with Crippen LogP contribution in [0.1, 0.15) is 6.42 Å². The van der Waals surface area contributed by atoms with Crippen LogP contribution in [0.3, 0.4) is 0 Å². The molecule has 82 valence electrons. The fourth-order valence-corrected chi connectivity index (χ4v) is 1.68. The topological polar surface area (TPSA) is 67.0 Å². The molecular formula is C9H12ClN3O2. The Hall–Kier alpha value is -1.07. The summed E-state index contributed by atoms with van der Waals surface area (Å²) in [6.45, 7) is 2.51. The highest BCUT2D eigenvalue weighted by molar-refractivity contribution is 6.31. The minimum atomic E-state index is -0.369. The smallest absolute Gasteiger partial charge is 0.273 e. The van der Waals surface area contributed by atoms with Gasteiger partial charge in [0.1, 0.15) is 0 Å². The molecule has 1 aromatic heterocycles. The van der Waals surface area contributed by atoms with E-state index in [1.54, 1.807) is 0 Å². The van der Waals surface area contributed by atoms with Gasteiger partial charge >= 0.3 is 0 Å². The number of nitrogens with zero attached hydrogens (tertiary/aromatic N) is 1. The predicted molar refractivity (Wildman–Crippen MR) is 56.3 cm³/mol. The molecule has 2 rings (SSSR count). The summed E-state index contributed by atoms with van der Waals surface area (Å²) in [5, 5.41) is 3.25. The Morgan fingerprint density at radius 1 is 1.67 bits per heavy atom. The molecule has 1 fully saturated rings. The second-order valence-corrected chi connectivity index (χ2v) is 3.90. The molecule has 1 saturated heterocycles. The van der Waals surface area contributed by atoms with Crippen LogP contribution in [0.2, 0.25) is 5.02 Å². The summed E-state index contributed by atoms with van der Waals surface area (Å²) in [6, 6.07) is 0. The summed E-state index contributed by atoms with van der Waals surface area (Å²) in [5.41, 5.74) is -0.369. The lowest BCUT2D eigenvalue weighted by atomic mass is 10.1. The average Bonchev–Trinajstić information content (AvgIpc) is 2.73. The average molecular weight is 230 g/mol. The molecule has 0 spiro atoms. The molecule has 6 heteroatoms. The van der Waals surface area contributed by atoms with Gasteiger partial charge in [0.15, 0.2) is 5.02 Å². The molecular weight excluding hydrogens is 218 g/mol. The summed E-state index contributed by atoms with van der Waals surface area (Å²) in [4.78, 5) is 17.4. The van der Waals surface area contributed by atoms with Crippen molar-refractivity contribution < 1.29 is 4.74 Å². The minimum absolute atomic E-state index is 0.0171. The van der Waals surface area contributed by atoms with Gasteiger partial charge in [-0.1, -0.05) is 11.6 Å². The van der Waals surface area contributed by atoms with Crippen LogP contribution in [0.5, 0.6) is 5.88 Å². The maximum absolute atomic E-state index is 11.1. The van der Waals surface area contributed by atoms with Crippen LogP contribution in [0, 0.1) is 5.92 Å². The first-order valence-electron chi connectivity index (χ1n) is 4.84. The van der Waals surface area contributed by atoms with Crippen molar-refractivity contribution in [3.63, 3.8) is 0 Å². The van der Waals surface area contributed by atoms with Gasteiger partial charge in [-0.15, -0.1) is 0 Å². The first-order valence-corrected chi connectivity index (χ1v) is 5.22. The van der Waals surface area contributed by atoms with Crippen LogP contribution in [0.25, 0.3) is 0 Å². The highest BCUT2D eigenvalue weighted by atomic mass is 35.5. The summed E-state index contributed by atoms with van der Waals surface area (Å²) < 4.78 is 5.40. The zero-order chi connectivity index (χ0) is 10.7. The van der Waals surface area contributed by atoms with Gasteiger partial charge < -0.3 is 15.0 Å². The quantitative estimate of drug-likeness (QED) is 0.788. The Kier molecular flexibility index (Phi) is 3.23. The van der Waals surface area contributed by atoms with E-state index in [4.69, 9.17) is 16.3 Å². The molecule has 0 bridgehead atoms. The van der Waals surface area contributed by atoms with Crippen molar-refractivity contribution in [3.05, 3.63) is 21.7 Å². The van der Waals surface area contributed by atoms with Crippen molar-refractivity contribution in [2.24, 2.45) is 5.92 Å². The Bertz CT molecular complexity index is 387. The molecule has 1 atom stereocenters. The van der Waals surface area contributed by atoms with Crippen LogP contribution >= 0.6 is 11.6 Å². The Morgan fingerprint density at radius 3 is 3.27 bits per heavy atom. The number of aromatic amines is 1. The van der Waals surface area contributed by atoms with E-state index in [2.05, 4.69) is 15.3 Å². The van der Waals surface area contributed by atoms with E-state index < -0.39 is 0 Å². The molecule has 1 aliphatic heterocycles. The first kappa shape index (κ1) is 10.4. The van der Waals surface area contributed by atoms with Crippen molar-refractivity contribution >= 4 is 11.6 Å². The standard InChI is InChI=1S/C9H12ClN3O2/c10-7-8(14)12-5-13-9(7)15-4-6-1-2-11-3-6/h5-6,11H,1-4H2,(H,12,13,14). The van der Waals surface area contributed by atoms with Gasteiger partial charge in [-0.05, 0) is 13.0 Å². The minimum Gasteiger partial charge on any atom is -0.476 e. The lowest BCUT2D eigenvalue weighted by molar-refractivity contribution is 0.250. The van der Waals surface area contributed by atoms with Crippen molar-refractivity contribution in [3.8, 4) is 5.88 Å². The van der Waals surface area contributed by atoms with Gasteiger partial charge in [-0.3, -0.25) is 4.79 Å². The summed E-state index contributed by atoms with van der Waals surface area (Å²) >= 11 is 5.73. The van der Waals surface area contributed by atoms with Gasteiger partial charge in [0.2, 0.25) is 5.88 Å². The fraction of sp³-hybridized carbons (Fsp3) is 0.556. The molecule has 0 amide bonds. The number of hydrogen-bond acceptors (Lipinski definition) is 4. The van der Waals surface area contributed by atoms with Crippen LogP contribution in [-0.4, -0.2) is 29.7 Å². The second kappa shape index (κ2) is 4.63. The third-order valence-corrected chi connectivity index (χ3v) is 2.72. The van der Waals surface area contributed by atoms with Gasteiger partial charge in [0.05, 0.1) is 12.9 Å². The van der Waals surface area contributed by atoms with Crippen molar-refractivity contribution in [1.82, 2.24) is 15.3 Å². The normalized spacial score (nSPS) is 20.5. The SMILES string of the molecule is O=c1[nH]cnc(OCC2CCNC2)c1Cl. The van der Waals surface area contributed by atoms with Crippen LogP contribution in [-0.2, 0) is 0 Å². The molecule has 1 unspecified atom stereocenters. The van der Waals surface area contributed by atoms with E-state index in [0.29, 0.717) is 12.5 Å². The first-order chi connectivity index (χ1) is 7.27. The third-order valence-electron chi connectivity index (χ3n) is 2.38. The summed E-state index contributed by atoms with van der Waals surface area (Å²) in [7, 11) is 0. The van der Waals surface area contributed by atoms with E-state index >= 15 is 0 Å². The number of aromatic nitrogens is 2. The van der Waals surface area contributed by atoms with E-state index in [-0.39, 0.29) is 16.5 Å². The summed E-state index contributed by atoms with van der Waals surface area (Å²) in [5.74, 6) is 0.689. The second-order valence-electron chi connectivity index (χ2n) is 3.52. The number of hydrogen-bond donors (Lipinski definition) is 2. The number of nitrogens with one attached hydrogen (secondary N) is 2. The molecule has 15 heavy (non-hydrogen) atoms. The molecule has 0 aromatic carbocycles. The zero-order valence-corrected chi connectivity index (χ0v) is 8.88. The number of H-pyrrole nitrogens is 1. The molecule has 2 N–H and O–H groups in total. The number of ether oxygens (including phenoxy) is 1. The third kappa shape index (κ3) is 2.49. The van der Waals surface area contributed by atoms with Gasteiger partial charge in [-0.25, -0.2) is 4.98 Å². The Morgan fingerprint density at radius 2 is 2.53 bits per heavy atom. The van der Waals surface area contributed by atoms with Crippen molar-refractivity contribution in [2.45, 2.75) is 6.42 Å². The van der Waals surface area contributed by atoms with Crippen LogP contribution < -0.4 is 15.6 Å². The lowest BCUT2D eigenvalue weighted by Gasteiger charge is -2.10. The largest absolute Gasteiger partial charge is 0.476 e. The van der Waals surface area contributed by atoms with Crippen molar-refractivity contribution in [2.75, 3.05) is 19.7 Å². The zero-order valence-electron chi connectivity index (χ0n) is 8.12. The molecule has 2 heterocycles. The van der Waals surface area contributed by atoms with E-state index in [0.717, 1.165) is 19.5 Å². The van der Waals surface area contributed by atoms with Gasteiger partial charge in [0.25, 0.3) is 5.56 Å². The van der Waals surface area contributed by atoms with E-state index in [1.165, 1.54) is 6.33 Å². The van der Waals surface area contributed by atoms with E-state index in [9.17, 15) is 4.79 Å². The molecule has 0 radical (unpaired) electrons. The number of rotatable bonds is 3. The maximum atomic E-state index is 11.1. The monoisotopic (exact) mass is 229 g/mol. The molecule has 0 aliphatic carbocycles. The van der Waals surface area contributed by atoms with Gasteiger partial charge in [-0.2, -0.15) is 0 Å². The Labute approximate surface area is 91.8 Å². The summed E-state index contributed by atoms with van der Waals surface area (Å²) in [6.07, 6.45) is 2.37. The van der Waals surface area contributed by atoms with Crippen LogP contribution in [0.4, 0.5) is 0 Å². The predicted octanol–water partition coefficient (Wildman–Crippen LogP) is 0.412. The maximum Gasteiger partial charge on any atom is 0.273 e.